The van der Waals surface area contributed by atoms with Crippen LogP contribution in [0, 0.1) is 5.92 Å². The van der Waals surface area contributed by atoms with Gasteiger partial charge in [0.05, 0.1) is 0 Å². The maximum absolute atomic E-state index is 11.8. The molecular formula is C14H28N2O. The number of rotatable bonds is 7. The van der Waals surface area contributed by atoms with Gasteiger partial charge in [-0.15, -0.1) is 0 Å². The second kappa shape index (κ2) is 8.51. The Hall–Kier alpha value is -0.570. The van der Waals surface area contributed by atoms with E-state index in [-0.39, 0.29) is 5.91 Å². The lowest BCUT2D eigenvalue weighted by Gasteiger charge is -2.30. The van der Waals surface area contributed by atoms with Gasteiger partial charge in [0.15, 0.2) is 0 Å². The largest absolute Gasteiger partial charge is 0.353 e. The first kappa shape index (κ1) is 14.5. The minimum atomic E-state index is 0.218. The molecule has 1 fully saturated rings. The fourth-order valence-electron chi connectivity index (χ4n) is 2.80. The third-order valence-electron chi connectivity index (χ3n) is 3.86. The van der Waals surface area contributed by atoms with Crippen LogP contribution in [-0.4, -0.2) is 18.5 Å². The molecule has 1 amide bonds. The van der Waals surface area contributed by atoms with E-state index in [9.17, 15) is 4.79 Å². The molecule has 0 radical (unpaired) electrons. The Morgan fingerprint density at radius 3 is 2.59 bits per heavy atom. The molecule has 3 heteroatoms. The van der Waals surface area contributed by atoms with E-state index in [0.717, 1.165) is 19.3 Å². The molecule has 1 atom stereocenters. The molecule has 17 heavy (non-hydrogen) atoms. The van der Waals surface area contributed by atoms with E-state index in [0.29, 0.717) is 24.9 Å². The van der Waals surface area contributed by atoms with Gasteiger partial charge in [0, 0.05) is 12.5 Å². The first-order valence-electron chi connectivity index (χ1n) is 7.27. The van der Waals surface area contributed by atoms with Crippen LogP contribution < -0.4 is 11.1 Å². The van der Waals surface area contributed by atoms with E-state index < -0.39 is 0 Å². The number of unbranched alkanes of at least 4 members (excludes halogenated alkanes) is 1. The van der Waals surface area contributed by atoms with Gasteiger partial charge in [0.2, 0.25) is 5.91 Å². The van der Waals surface area contributed by atoms with Crippen molar-refractivity contribution < 1.29 is 4.79 Å². The zero-order chi connectivity index (χ0) is 12.5. The summed E-state index contributed by atoms with van der Waals surface area (Å²) in [6.45, 7) is 2.87. The van der Waals surface area contributed by atoms with Crippen molar-refractivity contribution in [3.63, 3.8) is 0 Å². The van der Waals surface area contributed by atoms with E-state index in [1.54, 1.807) is 0 Å². The second-order valence-corrected chi connectivity index (χ2v) is 5.23. The summed E-state index contributed by atoms with van der Waals surface area (Å²) in [5.41, 5.74) is 5.43. The number of nitrogens with two attached hydrogens (primary N) is 1. The summed E-state index contributed by atoms with van der Waals surface area (Å²) in [5, 5.41) is 3.22. The smallest absolute Gasteiger partial charge is 0.220 e. The standard InChI is InChI=1S/C14H28N2O/c1-2-13(12-8-4-3-5-9-12)16-14(17)10-6-7-11-15/h12-13H,2-11,15H2,1H3,(H,16,17). The van der Waals surface area contributed by atoms with Crippen molar-refractivity contribution in [2.45, 2.75) is 70.8 Å². The fraction of sp³-hybridized carbons (Fsp3) is 0.929. The number of hydrogen-bond donors (Lipinski definition) is 2. The Morgan fingerprint density at radius 1 is 1.29 bits per heavy atom. The molecule has 1 saturated carbocycles. The average Bonchev–Trinajstić information content (AvgIpc) is 2.37. The van der Waals surface area contributed by atoms with E-state index in [2.05, 4.69) is 12.2 Å². The Morgan fingerprint density at radius 2 is 2.00 bits per heavy atom. The van der Waals surface area contributed by atoms with Crippen molar-refractivity contribution in [2.75, 3.05) is 6.54 Å². The summed E-state index contributed by atoms with van der Waals surface area (Å²) in [7, 11) is 0. The minimum absolute atomic E-state index is 0.218. The minimum Gasteiger partial charge on any atom is -0.353 e. The molecule has 0 aliphatic heterocycles. The van der Waals surface area contributed by atoms with Crippen LogP contribution >= 0.6 is 0 Å². The molecule has 0 spiro atoms. The van der Waals surface area contributed by atoms with E-state index in [4.69, 9.17) is 5.73 Å². The Kier molecular flexibility index (Phi) is 7.25. The number of carbonyl (C=O) groups is 1. The van der Waals surface area contributed by atoms with E-state index in [1.165, 1.54) is 32.1 Å². The summed E-state index contributed by atoms with van der Waals surface area (Å²) in [6, 6.07) is 0.403. The number of amides is 1. The SMILES string of the molecule is CCC(NC(=O)CCCCN)C1CCCCC1. The molecule has 0 saturated heterocycles. The van der Waals surface area contributed by atoms with Gasteiger partial charge in [0.25, 0.3) is 0 Å². The lowest BCUT2D eigenvalue weighted by atomic mass is 9.83. The fourth-order valence-corrected chi connectivity index (χ4v) is 2.80. The van der Waals surface area contributed by atoms with Gasteiger partial charge >= 0.3 is 0 Å². The van der Waals surface area contributed by atoms with Crippen molar-refractivity contribution >= 4 is 5.91 Å². The molecule has 1 aliphatic carbocycles. The molecule has 0 aromatic carbocycles. The average molecular weight is 240 g/mol. The molecule has 0 bridgehead atoms. The molecule has 100 valence electrons. The van der Waals surface area contributed by atoms with Crippen LogP contribution in [0.15, 0.2) is 0 Å². The highest BCUT2D eigenvalue weighted by Gasteiger charge is 2.23. The van der Waals surface area contributed by atoms with E-state index >= 15 is 0 Å². The van der Waals surface area contributed by atoms with Crippen LogP contribution in [0.1, 0.15) is 64.7 Å². The van der Waals surface area contributed by atoms with Gasteiger partial charge in [-0.25, -0.2) is 0 Å². The van der Waals surface area contributed by atoms with Crippen molar-refractivity contribution in [3.05, 3.63) is 0 Å². The summed E-state index contributed by atoms with van der Waals surface area (Å²) < 4.78 is 0. The topological polar surface area (TPSA) is 55.1 Å². The van der Waals surface area contributed by atoms with Crippen molar-refractivity contribution in [2.24, 2.45) is 11.7 Å². The summed E-state index contributed by atoms with van der Waals surface area (Å²) in [6.07, 6.45) is 10.2. The van der Waals surface area contributed by atoms with Crippen LogP contribution in [-0.2, 0) is 4.79 Å². The summed E-state index contributed by atoms with van der Waals surface area (Å²) in [4.78, 5) is 11.8. The molecule has 3 N–H and O–H groups in total. The van der Waals surface area contributed by atoms with E-state index in [1.807, 2.05) is 0 Å². The van der Waals surface area contributed by atoms with Gasteiger partial charge in [-0.3, -0.25) is 4.79 Å². The monoisotopic (exact) mass is 240 g/mol. The molecular weight excluding hydrogens is 212 g/mol. The Labute approximate surface area is 106 Å². The van der Waals surface area contributed by atoms with Gasteiger partial charge in [-0.1, -0.05) is 26.2 Å². The van der Waals surface area contributed by atoms with Crippen LogP contribution in [0.4, 0.5) is 0 Å². The Balaban J connectivity index is 2.27. The number of nitrogens with one attached hydrogen (secondary N) is 1. The highest BCUT2D eigenvalue weighted by atomic mass is 16.1. The normalized spacial score (nSPS) is 18.9. The Bertz CT molecular complexity index is 212. The summed E-state index contributed by atoms with van der Waals surface area (Å²) in [5.74, 6) is 0.933. The molecule has 1 aliphatic rings. The number of hydrogen-bond acceptors (Lipinski definition) is 2. The lowest BCUT2D eigenvalue weighted by Crippen LogP contribution is -2.40. The lowest BCUT2D eigenvalue weighted by molar-refractivity contribution is -0.122. The van der Waals surface area contributed by atoms with Gasteiger partial charge in [-0.2, -0.15) is 0 Å². The number of carbonyl (C=O) groups excluding carboxylic acids is 1. The van der Waals surface area contributed by atoms with Gasteiger partial charge < -0.3 is 11.1 Å². The van der Waals surface area contributed by atoms with Crippen molar-refractivity contribution in [1.29, 1.82) is 0 Å². The predicted molar refractivity (Wildman–Crippen MR) is 71.7 cm³/mol. The van der Waals surface area contributed by atoms with Gasteiger partial charge in [-0.05, 0) is 44.6 Å². The third kappa shape index (κ3) is 5.53. The molecule has 0 aromatic heterocycles. The molecule has 1 unspecified atom stereocenters. The third-order valence-corrected chi connectivity index (χ3v) is 3.86. The van der Waals surface area contributed by atoms with Crippen LogP contribution in [0.3, 0.4) is 0 Å². The molecule has 3 nitrogen and oxygen atoms in total. The highest BCUT2D eigenvalue weighted by molar-refractivity contribution is 5.76. The quantitative estimate of drug-likeness (QED) is 0.672. The molecule has 0 heterocycles. The predicted octanol–water partition coefficient (Wildman–Crippen LogP) is 2.59. The second-order valence-electron chi connectivity index (χ2n) is 5.23. The zero-order valence-corrected chi connectivity index (χ0v) is 11.2. The maximum Gasteiger partial charge on any atom is 0.220 e. The molecule has 0 aromatic rings. The molecule has 1 rings (SSSR count). The highest BCUT2D eigenvalue weighted by Crippen LogP contribution is 2.27. The van der Waals surface area contributed by atoms with Gasteiger partial charge in [0.1, 0.15) is 0 Å². The van der Waals surface area contributed by atoms with Crippen molar-refractivity contribution in [1.82, 2.24) is 5.32 Å². The first-order valence-corrected chi connectivity index (χ1v) is 7.27. The zero-order valence-electron chi connectivity index (χ0n) is 11.2. The van der Waals surface area contributed by atoms with Crippen LogP contribution in [0.25, 0.3) is 0 Å². The first-order chi connectivity index (χ1) is 8.27. The van der Waals surface area contributed by atoms with Crippen LogP contribution in [0.5, 0.6) is 0 Å². The van der Waals surface area contributed by atoms with Crippen molar-refractivity contribution in [3.8, 4) is 0 Å². The maximum atomic E-state index is 11.8. The summed E-state index contributed by atoms with van der Waals surface area (Å²) >= 11 is 0. The van der Waals surface area contributed by atoms with Crippen LogP contribution in [0.2, 0.25) is 0 Å².